The van der Waals surface area contributed by atoms with Crippen molar-refractivity contribution in [1.29, 1.82) is 0 Å². The number of fused-ring (bicyclic) bond motifs is 3. The van der Waals surface area contributed by atoms with Crippen LogP contribution in [0.15, 0.2) is 24.3 Å². The number of aryl methyl sites for hydroxylation is 1. The summed E-state index contributed by atoms with van der Waals surface area (Å²) in [7, 11) is 0. The number of nitrogens with two attached hydrogens (primary N) is 1. The molecule has 0 spiro atoms. The molecule has 128 valence electrons. The van der Waals surface area contributed by atoms with E-state index in [1.54, 1.807) is 13.8 Å². The van der Waals surface area contributed by atoms with Crippen LogP contribution in [0.2, 0.25) is 0 Å². The molecule has 2 aromatic heterocycles. The van der Waals surface area contributed by atoms with Gasteiger partial charge in [0.15, 0.2) is 5.82 Å². The van der Waals surface area contributed by atoms with Gasteiger partial charge in [-0.3, -0.25) is 0 Å². The topological polar surface area (TPSA) is 86.2 Å². The first kappa shape index (κ1) is 16.7. The molecule has 1 aromatic carbocycles. The second kappa shape index (κ2) is 6.03. The second-order valence-corrected chi connectivity index (χ2v) is 6.57. The molecule has 0 amide bonds. The molecule has 0 aliphatic rings. The van der Waals surface area contributed by atoms with E-state index in [1.807, 2.05) is 42.7 Å². The van der Waals surface area contributed by atoms with Gasteiger partial charge in [-0.15, -0.1) is 0 Å². The molecule has 0 bridgehead atoms. The lowest BCUT2D eigenvalue weighted by atomic mass is 9.98. The number of aliphatic hydroxyl groups is 1. The molecule has 0 saturated carbocycles. The van der Waals surface area contributed by atoms with E-state index in [4.69, 9.17) is 10.5 Å². The fourth-order valence-electron chi connectivity index (χ4n) is 3.14. The molecule has 24 heavy (non-hydrogen) atoms. The molecule has 0 aliphatic heterocycles. The number of imidazole rings is 1. The second-order valence-electron chi connectivity index (χ2n) is 6.57. The highest BCUT2D eigenvalue weighted by atomic mass is 16.5. The lowest BCUT2D eigenvalue weighted by Gasteiger charge is -2.32. The third-order valence-electron chi connectivity index (χ3n) is 4.34. The molecule has 3 N–H and O–H groups in total. The molecule has 0 unspecified atom stereocenters. The van der Waals surface area contributed by atoms with Crippen molar-refractivity contribution < 1.29 is 9.84 Å². The number of hydrogen-bond donors (Lipinski definition) is 2. The van der Waals surface area contributed by atoms with E-state index in [2.05, 4.69) is 9.97 Å². The number of para-hydroxylation sites is 1. The summed E-state index contributed by atoms with van der Waals surface area (Å²) in [5.74, 6) is 1.18. The molecule has 3 aromatic rings. The van der Waals surface area contributed by atoms with Crippen molar-refractivity contribution in [3.05, 3.63) is 30.1 Å². The number of ether oxygens (including phenoxy) is 1. The van der Waals surface area contributed by atoms with E-state index < -0.39 is 5.60 Å². The molecule has 6 nitrogen and oxygen atoms in total. The lowest BCUT2D eigenvalue weighted by molar-refractivity contribution is -0.0188. The minimum atomic E-state index is -0.979. The highest BCUT2D eigenvalue weighted by molar-refractivity contribution is 6.06. The van der Waals surface area contributed by atoms with Crippen LogP contribution < -0.4 is 5.73 Å². The van der Waals surface area contributed by atoms with Crippen LogP contribution in [0.5, 0.6) is 0 Å². The van der Waals surface area contributed by atoms with Crippen molar-refractivity contribution in [2.24, 2.45) is 0 Å². The molecule has 0 aliphatic carbocycles. The quantitative estimate of drug-likeness (QED) is 0.752. The number of benzene rings is 1. The highest BCUT2D eigenvalue weighted by Crippen LogP contribution is 2.34. The Balaban J connectivity index is 2.36. The number of nitrogens with zero attached hydrogens (tertiary/aromatic N) is 3. The maximum atomic E-state index is 10.7. The first-order chi connectivity index (χ1) is 11.3. The van der Waals surface area contributed by atoms with Gasteiger partial charge < -0.3 is 20.1 Å². The Morgan fingerprint density at radius 2 is 2.00 bits per heavy atom. The Hall–Kier alpha value is -2.18. The van der Waals surface area contributed by atoms with Crippen LogP contribution in [-0.2, 0) is 4.74 Å². The zero-order valence-corrected chi connectivity index (χ0v) is 14.6. The average Bonchev–Trinajstić information content (AvgIpc) is 2.85. The van der Waals surface area contributed by atoms with E-state index in [-0.39, 0.29) is 6.04 Å². The molecule has 0 radical (unpaired) electrons. The maximum absolute atomic E-state index is 10.7. The van der Waals surface area contributed by atoms with E-state index >= 15 is 0 Å². The molecular formula is C18H24N4O2. The van der Waals surface area contributed by atoms with Crippen molar-refractivity contribution in [2.75, 3.05) is 18.9 Å². The van der Waals surface area contributed by atoms with Crippen LogP contribution in [0, 0.1) is 6.92 Å². The smallest absolute Gasteiger partial charge is 0.152 e. The van der Waals surface area contributed by atoms with Gasteiger partial charge in [0.1, 0.15) is 11.3 Å². The van der Waals surface area contributed by atoms with E-state index in [0.717, 1.165) is 22.2 Å². The summed E-state index contributed by atoms with van der Waals surface area (Å²) in [5, 5.41) is 11.7. The molecule has 0 fully saturated rings. The minimum Gasteiger partial charge on any atom is -0.388 e. The van der Waals surface area contributed by atoms with Gasteiger partial charge in [-0.1, -0.05) is 18.2 Å². The van der Waals surface area contributed by atoms with Gasteiger partial charge in [0.05, 0.1) is 29.3 Å². The van der Waals surface area contributed by atoms with Crippen molar-refractivity contribution in [3.63, 3.8) is 0 Å². The summed E-state index contributed by atoms with van der Waals surface area (Å²) in [5.41, 5.74) is 7.52. The Kier molecular flexibility index (Phi) is 4.19. The maximum Gasteiger partial charge on any atom is 0.152 e. The van der Waals surface area contributed by atoms with E-state index in [1.165, 1.54) is 0 Å². The fourth-order valence-corrected chi connectivity index (χ4v) is 3.14. The first-order valence-corrected chi connectivity index (χ1v) is 8.17. The van der Waals surface area contributed by atoms with Crippen LogP contribution in [0.1, 0.15) is 32.6 Å². The van der Waals surface area contributed by atoms with Crippen LogP contribution in [0.3, 0.4) is 0 Å². The van der Waals surface area contributed by atoms with Crippen molar-refractivity contribution >= 4 is 27.8 Å². The number of pyridine rings is 1. The zero-order chi connectivity index (χ0) is 17.5. The minimum absolute atomic E-state index is 0.285. The highest BCUT2D eigenvalue weighted by Gasteiger charge is 2.32. The van der Waals surface area contributed by atoms with Gasteiger partial charge in [-0.25, -0.2) is 9.97 Å². The number of hydrogen-bond acceptors (Lipinski definition) is 5. The summed E-state index contributed by atoms with van der Waals surface area (Å²) in [6.45, 7) is 8.41. The van der Waals surface area contributed by atoms with Gasteiger partial charge in [0, 0.05) is 12.0 Å². The normalized spacial score (nSPS) is 13.7. The summed E-state index contributed by atoms with van der Waals surface area (Å²) < 4.78 is 7.67. The van der Waals surface area contributed by atoms with Gasteiger partial charge in [0.25, 0.3) is 0 Å². The first-order valence-electron chi connectivity index (χ1n) is 8.17. The third-order valence-corrected chi connectivity index (χ3v) is 4.34. The Morgan fingerprint density at radius 3 is 2.67 bits per heavy atom. The van der Waals surface area contributed by atoms with Crippen molar-refractivity contribution in [1.82, 2.24) is 14.5 Å². The number of rotatable bonds is 5. The Labute approximate surface area is 141 Å². The summed E-state index contributed by atoms with van der Waals surface area (Å²) in [6.07, 6.45) is 0. The van der Waals surface area contributed by atoms with Crippen molar-refractivity contribution in [3.8, 4) is 0 Å². The SMILES string of the molecule is CCOC[C@@H](n1c(C)nc2c(N)nc3ccccc3c21)C(C)(C)O. The standard InChI is InChI=1S/C18H24N4O2/c1-5-24-10-14(18(3,4)23)22-11(2)20-15-16(22)12-8-6-7-9-13(12)21-17(15)19/h6-9,14,23H,5,10H2,1-4H3,(H2,19,21)/t14-/m1/s1. The molecule has 3 rings (SSSR count). The Morgan fingerprint density at radius 1 is 1.29 bits per heavy atom. The number of anilines is 1. The van der Waals surface area contributed by atoms with Gasteiger partial charge in [-0.2, -0.15) is 0 Å². The summed E-state index contributed by atoms with van der Waals surface area (Å²) in [4.78, 5) is 9.06. The van der Waals surface area contributed by atoms with Gasteiger partial charge >= 0.3 is 0 Å². The summed E-state index contributed by atoms with van der Waals surface area (Å²) >= 11 is 0. The monoisotopic (exact) mass is 328 g/mol. The largest absolute Gasteiger partial charge is 0.388 e. The Bertz CT molecular complexity index is 880. The average molecular weight is 328 g/mol. The van der Waals surface area contributed by atoms with E-state index in [9.17, 15) is 5.11 Å². The van der Waals surface area contributed by atoms with Crippen molar-refractivity contribution in [2.45, 2.75) is 39.3 Å². The number of nitrogen functional groups attached to an aromatic ring is 1. The predicted octanol–water partition coefficient (Wildman–Crippen LogP) is 2.82. The molecule has 1 atom stereocenters. The van der Waals surface area contributed by atoms with Crippen LogP contribution in [-0.4, -0.2) is 38.5 Å². The molecular weight excluding hydrogens is 304 g/mol. The molecule has 2 heterocycles. The van der Waals surface area contributed by atoms with Gasteiger partial charge in [-0.05, 0) is 33.8 Å². The number of aromatic nitrogens is 3. The predicted molar refractivity (Wildman–Crippen MR) is 96.0 cm³/mol. The van der Waals surface area contributed by atoms with Crippen LogP contribution in [0.25, 0.3) is 21.9 Å². The zero-order valence-electron chi connectivity index (χ0n) is 14.6. The summed E-state index contributed by atoms with van der Waals surface area (Å²) in [6, 6.07) is 7.55. The van der Waals surface area contributed by atoms with Gasteiger partial charge in [0.2, 0.25) is 0 Å². The third kappa shape index (κ3) is 2.72. The van der Waals surface area contributed by atoms with Crippen LogP contribution in [0.4, 0.5) is 5.82 Å². The van der Waals surface area contributed by atoms with E-state index in [0.29, 0.717) is 24.5 Å². The fraction of sp³-hybridized carbons (Fsp3) is 0.444. The lowest BCUT2D eigenvalue weighted by Crippen LogP contribution is -2.37. The molecule has 6 heteroatoms. The molecule has 0 saturated heterocycles. The van der Waals surface area contributed by atoms with Crippen LogP contribution >= 0.6 is 0 Å².